The first-order valence-corrected chi connectivity index (χ1v) is 10.4. The van der Waals surface area contributed by atoms with Crippen molar-refractivity contribution < 1.29 is 9.47 Å². The normalized spacial score (nSPS) is 13.3. The third-order valence-electron chi connectivity index (χ3n) is 5.53. The minimum absolute atomic E-state index is 0.114. The largest absolute Gasteiger partial charge is 0.454 e. The van der Waals surface area contributed by atoms with Crippen LogP contribution in [0.5, 0.6) is 11.5 Å². The number of nitrogens with zero attached hydrogens (tertiary/aromatic N) is 3. The minimum Gasteiger partial charge on any atom is -0.454 e. The lowest BCUT2D eigenvalue weighted by Crippen LogP contribution is -2.43. The number of benzene rings is 2. The molecule has 1 aliphatic rings. The van der Waals surface area contributed by atoms with Gasteiger partial charge in [0.1, 0.15) is 0 Å². The summed E-state index contributed by atoms with van der Waals surface area (Å²) in [5, 5.41) is 11.2. The summed E-state index contributed by atoms with van der Waals surface area (Å²) in [5.74, 6) is 2.38. The molecule has 1 aliphatic heterocycles. The summed E-state index contributed by atoms with van der Waals surface area (Å²) >= 11 is 0. The molecule has 0 amide bonds. The van der Waals surface area contributed by atoms with E-state index in [0.717, 1.165) is 30.5 Å². The molecule has 0 aliphatic carbocycles. The molecule has 0 spiro atoms. The van der Waals surface area contributed by atoms with Crippen LogP contribution < -0.4 is 20.1 Å². The van der Waals surface area contributed by atoms with Crippen molar-refractivity contribution in [2.24, 2.45) is 4.99 Å². The van der Waals surface area contributed by atoms with Crippen molar-refractivity contribution in [3.05, 3.63) is 77.6 Å². The van der Waals surface area contributed by atoms with Crippen LogP contribution in [0.2, 0.25) is 0 Å². The Morgan fingerprint density at radius 1 is 1.06 bits per heavy atom. The highest BCUT2D eigenvalue weighted by atomic mass is 16.7. The molecule has 2 N–H and O–H groups in total. The quantitative estimate of drug-likeness (QED) is 0.454. The van der Waals surface area contributed by atoms with Crippen molar-refractivity contribution in [2.45, 2.75) is 32.4 Å². The maximum absolute atomic E-state index is 5.53. The van der Waals surface area contributed by atoms with Crippen molar-refractivity contribution in [2.75, 3.05) is 20.4 Å². The summed E-state index contributed by atoms with van der Waals surface area (Å²) in [6, 6.07) is 16.5. The number of ether oxygens (including phenoxy) is 2. The van der Waals surface area contributed by atoms with E-state index in [9.17, 15) is 0 Å². The number of rotatable bonds is 7. The molecule has 7 heteroatoms. The molecule has 3 aromatic rings. The fourth-order valence-electron chi connectivity index (χ4n) is 3.58. The molecule has 0 radical (unpaired) electrons. The summed E-state index contributed by atoms with van der Waals surface area (Å²) in [6.07, 6.45) is 3.78. The Morgan fingerprint density at radius 2 is 1.87 bits per heavy atom. The Hall–Kier alpha value is -3.48. The molecule has 1 aromatic heterocycles. The molecule has 0 fully saturated rings. The number of hydrogen-bond acceptors (Lipinski definition) is 4. The van der Waals surface area contributed by atoms with E-state index in [1.165, 1.54) is 16.7 Å². The second-order valence-corrected chi connectivity index (χ2v) is 8.20. The molecule has 162 valence electrons. The number of aromatic nitrogens is 2. The summed E-state index contributed by atoms with van der Waals surface area (Å²) in [5.41, 5.74) is 3.52. The van der Waals surface area contributed by atoms with Crippen LogP contribution in [0.15, 0.2) is 65.9 Å². The van der Waals surface area contributed by atoms with Crippen molar-refractivity contribution in [1.82, 2.24) is 20.4 Å². The smallest absolute Gasteiger partial charge is 0.231 e. The summed E-state index contributed by atoms with van der Waals surface area (Å²) < 4.78 is 12.9. The molecule has 4 rings (SSSR count). The lowest BCUT2D eigenvalue weighted by Gasteiger charge is -2.27. The average molecular weight is 420 g/mol. The average Bonchev–Trinajstić information content (AvgIpc) is 3.46. The molecule has 31 heavy (non-hydrogen) atoms. The van der Waals surface area contributed by atoms with Gasteiger partial charge in [0.15, 0.2) is 17.5 Å². The first kappa shape index (κ1) is 20.8. The zero-order valence-electron chi connectivity index (χ0n) is 18.3. The molecule has 2 aromatic carbocycles. The Kier molecular flexibility index (Phi) is 6.11. The van der Waals surface area contributed by atoms with Crippen LogP contribution in [-0.4, -0.2) is 36.1 Å². The predicted molar refractivity (Wildman–Crippen MR) is 122 cm³/mol. The van der Waals surface area contributed by atoms with Gasteiger partial charge < -0.3 is 20.1 Å². The van der Waals surface area contributed by atoms with Gasteiger partial charge in [0, 0.05) is 37.9 Å². The Balaban J connectivity index is 1.36. The highest BCUT2D eigenvalue weighted by Gasteiger charge is 2.24. The van der Waals surface area contributed by atoms with E-state index < -0.39 is 0 Å². The van der Waals surface area contributed by atoms with Crippen LogP contribution in [0.1, 0.15) is 30.5 Å². The van der Waals surface area contributed by atoms with Gasteiger partial charge in [0.25, 0.3) is 0 Å². The lowest BCUT2D eigenvalue weighted by molar-refractivity contribution is 0.174. The summed E-state index contributed by atoms with van der Waals surface area (Å²) in [4.78, 5) is 4.40. The number of guanidine groups is 1. The van der Waals surface area contributed by atoms with E-state index in [-0.39, 0.29) is 12.2 Å². The fourth-order valence-corrected chi connectivity index (χ4v) is 3.58. The van der Waals surface area contributed by atoms with Gasteiger partial charge in [-0.05, 0) is 34.9 Å². The fraction of sp³-hybridized carbons (Fsp3) is 0.333. The monoisotopic (exact) mass is 419 g/mol. The third kappa shape index (κ3) is 4.99. The minimum atomic E-state index is -0.114. The number of fused-ring (bicyclic) bond motifs is 1. The van der Waals surface area contributed by atoms with Crippen LogP contribution in [0.25, 0.3) is 0 Å². The second-order valence-electron chi connectivity index (χ2n) is 8.20. The molecular formula is C24H29N5O2. The maximum atomic E-state index is 5.53. The van der Waals surface area contributed by atoms with Crippen LogP contribution >= 0.6 is 0 Å². The van der Waals surface area contributed by atoms with E-state index in [4.69, 9.17) is 9.47 Å². The maximum Gasteiger partial charge on any atom is 0.231 e. The molecular weight excluding hydrogens is 390 g/mol. The standard InChI is InChI=1S/C24H29N5O2/c1-24(2,20-9-10-21-22(13-20)31-17-30-21)16-27-23(25-3)26-14-18-7-4-5-8-19(18)15-29-12-6-11-28-29/h4-13H,14-17H2,1-3H3,(H2,25,26,27). The van der Waals surface area contributed by atoms with Gasteiger partial charge in [-0.25, -0.2) is 0 Å². The van der Waals surface area contributed by atoms with Crippen LogP contribution in [0.4, 0.5) is 0 Å². The Labute approximate surface area is 183 Å². The highest BCUT2D eigenvalue weighted by Crippen LogP contribution is 2.36. The van der Waals surface area contributed by atoms with Crippen LogP contribution in [0, 0.1) is 0 Å². The molecule has 0 atom stereocenters. The zero-order valence-corrected chi connectivity index (χ0v) is 18.3. The van der Waals surface area contributed by atoms with Gasteiger partial charge >= 0.3 is 0 Å². The SMILES string of the molecule is CN=C(NCc1ccccc1Cn1cccn1)NCC(C)(C)c1ccc2c(c1)OCO2. The third-order valence-corrected chi connectivity index (χ3v) is 5.53. The lowest BCUT2D eigenvalue weighted by atomic mass is 9.84. The van der Waals surface area contributed by atoms with Crippen molar-refractivity contribution in [1.29, 1.82) is 0 Å². The Morgan fingerprint density at radius 3 is 2.65 bits per heavy atom. The highest BCUT2D eigenvalue weighted by molar-refractivity contribution is 5.79. The topological polar surface area (TPSA) is 72.7 Å². The molecule has 0 saturated heterocycles. The van der Waals surface area contributed by atoms with E-state index in [1.54, 1.807) is 13.2 Å². The Bertz CT molecular complexity index is 1040. The second kappa shape index (κ2) is 9.12. The van der Waals surface area contributed by atoms with E-state index >= 15 is 0 Å². The van der Waals surface area contributed by atoms with Crippen LogP contribution in [-0.2, 0) is 18.5 Å². The summed E-state index contributed by atoms with van der Waals surface area (Å²) in [7, 11) is 1.79. The molecule has 0 bridgehead atoms. The van der Waals surface area contributed by atoms with Gasteiger partial charge in [-0.3, -0.25) is 9.67 Å². The van der Waals surface area contributed by atoms with Crippen molar-refractivity contribution in [3.63, 3.8) is 0 Å². The van der Waals surface area contributed by atoms with Gasteiger partial charge in [0.05, 0.1) is 6.54 Å². The van der Waals surface area contributed by atoms with Gasteiger partial charge in [-0.1, -0.05) is 44.2 Å². The van der Waals surface area contributed by atoms with E-state index in [1.807, 2.05) is 23.0 Å². The van der Waals surface area contributed by atoms with E-state index in [2.05, 4.69) is 71.0 Å². The van der Waals surface area contributed by atoms with Gasteiger partial charge in [-0.15, -0.1) is 0 Å². The predicted octanol–water partition coefficient (Wildman–Crippen LogP) is 3.30. The zero-order chi connectivity index (χ0) is 21.7. The van der Waals surface area contributed by atoms with Gasteiger partial charge in [-0.2, -0.15) is 5.10 Å². The van der Waals surface area contributed by atoms with Gasteiger partial charge in [0.2, 0.25) is 6.79 Å². The first-order valence-electron chi connectivity index (χ1n) is 10.4. The van der Waals surface area contributed by atoms with Crippen LogP contribution in [0.3, 0.4) is 0 Å². The summed E-state index contributed by atoms with van der Waals surface area (Å²) in [6.45, 7) is 6.83. The van der Waals surface area contributed by atoms with E-state index in [0.29, 0.717) is 6.54 Å². The molecule has 7 nitrogen and oxygen atoms in total. The first-order chi connectivity index (χ1) is 15.0. The molecule has 0 unspecified atom stereocenters. The van der Waals surface area contributed by atoms with Crippen molar-refractivity contribution in [3.8, 4) is 11.5 Å². The number of hydrogen-bond donors (Lipinski definition) is 2. The number of nitrogens with one attached hydrogen (secondary N) is 2. The molecule has 0 saturated carbocycles. The molecule has 2 heterocycles. The van der Waals surface area contributed by atoms with Crippen molar-refractivity contribution >= 4 is 5.96 Å². The number of aliphatic imine (C=N–C) groups is 1.